The fourth-order valence-corrected chi connectivity index (χ4v) is 3.52. The molecule has 0 saturated carbocycles. The summed E-state index contributed by atoms with van der Waals surface area (Å²) in [5.41, 5.74) is 1.22. The van der Waals surface area contributed by atoms with Gasteiger partial charge in [-0.2, -0.15) is 0 Å². The Morgan fingerprint density at radius 3 is 2.57 bits per heavy atom. The van der Waals surface area contributed by atoms with E-state index < -0.39 is 11.9 Å². The summed E-state index contributed by atoms with van der Waals surface area (Å²) in [6.45, 7) is 1.72. The van der Waals surface area contributed by atoms with Gasteiger partial charge in [-0.1, -0.05) is 17.7 Å². The lowest BCUT2D eigenvalue weighted by molar-refractivity contribution is -0.137. The quantitative estimate of drug-likeness (QED) is 0.737. The number of imide groups is 1. The Kier molecular flexibility index (Phi) is 4.68. The van der Waals surface area contributed by atoms with Crippen molar-refractivity contribution in [2.24, 2.45) is 0 Å². The van der Waals surface area contributed by atoms with Crippen LogP contribution in [0.15, 0.2) is 42.5 Å². The summed E-state index contributed by atoms with van der Waals surface area (Å²) >= 11 is 5.88. The highest BCUT2D eigenvalue weighted by Crippen LogP contribution is 2.34. The van der Waals surface area contributed by atoms with Crippen LogP contribution in [0.3, 0.4) is 0 Å². The maximum Gasteiger partial charge on any atom is 0.257 e. The lowest BCUT2D eigenvalue weighted by Gasteiger charge is -2.26. The number of ether oxygens (including phenoxy) is 2. The van der Waals surface area contributed by atoms with E-state index in [9.17, 15) is 14.4 Å². The van der Waals surface area contributed by atoms with E-state index in [1.165, 1.54) is 11.8 Å². The van der Waals surface area contributed by atoms with Crippen molar-refractivity contribution in [1.29, 1.82) is 0 Å². The molecule has 0 aliphatic carbocycles. The highest BCUT2D eigenvalue weighted by atomic mass is 35.5. The highest BCUT2D eigenvalue weighted by Gasteiger charge is 2.43. The zero-order valence-electron chi connectivity index (χ0n) is 15.1. The third kappa shape index (κ3) is 3.29. The van der Waals surface area contributed by atoms with Gasteiger partial charge in [-0.3, -0.25) is 14.4 Å². The third-order valence-corrected chi connectivity index (χ3v) is 5.03. The smallest absolute Gasteiger partial charge is 0.257 e. The van der Waals surface area contributed by atoms with E-state index in [0.29, 0.717) is 22.2 Å². The lowest BCUT2D eigenvalue weighted by atomic mass is 10.1. The first-order valence-electron chi connectivity index (χ1n) is 8.72. The molecule has 3 amide bonds. The van der Waals surface area contributed by atoms with Gasteiger partial charge in [-0.05, 0) is 42.0 Å². The molecule has 28 heavy (non-hydrogen) atoms. The minimum atomic E-state index is -0.855. The second-order valence-electron chi connectivity index (χ2n) is 6.60. The average molecular weight is 401 g/mol. The first-order valence-corrected chi connectivity index (χ1v) is 9.10. The molecule has 2 heterocycles. The molecule has 0 unspecified atom stereocenters. The number of carbonyl (C=O) groups excluding carboxylic acids is 3. The largest absolute Gasteiger partial charge is 0.454 e. The molecule has 0 spiro atoms. The van der Waals surface area contributed by atoms with Crippen LogP contribution in [0, 0.1) is 0 Å². The SMILES string of the molecule is CC(=O)N(Cc1ccc2c(c1)OCO2)[C@@H]1CC(=O)N(c2ccc(Cl)cc2)C1=O. The van der Waals surface area contributed by atoms with E-state index in [1.54, 1.807) is 36.4 Å². The standard InChI is InChI=1S/C20H17ClN2O5/c1-12(24)22(10-13-2-7-17-18(8-13)28-11-27-17)16-9-19(25)23(20(16)26)15-5-3-14(21)4-6-15/h2-8,16H,9-11H2,1H3/t16-/m1/s1. The van der Waals surface area contributed by atoms with Crippen molar-refractivity contribution in [1.82, 2.24) is 4.90 Å². The maximum absolute atomic E-state index is 13.0. The van der Waals surface area contributed by atoms with Crippen molar-refractivity contribution in [3.63, 3.8) is 0 Å². The Morgan fingerprint density at radius 2 is 1.86 bits per heavy atom. The van der Waals surface area contributed by atoms with Crippen LogP contribution in [0.1, 0.15) is 18.9 Å². The minimum Gasteiger partial charge on any atom is -0.454 e. The molecule has 2 aliphatic rings. The molecule has 1 atom stereocenters. The second kappa shape index (κ2) is 7.16. The number of benzene rings is 2. The molecule has 144 valence electrons. The number of hydrogen-bond acceptors (Lipinski definition) is 5. The molecule has 4 rings (SSSR count). The number of rotatable bonds is 4. The van der Waals surface area contributed by atoms with Gasteiger partial charge in [0.1, 0.15) is 6.04 Å². The number of anilines is 1. The summed E-state index contributed by atoms with van der Waals surface area (Å²) in [4.78, 5) is 40.3. The number of carbonyl (C=O) groups is 3. The van der Waals surface area contributed by atoms with Crippen molar-refractivity contribution in [2.45, 2.75) is 25.9 Å². The maximum atomic E-state index is 13.0. The normalized spacial score (nSPS) is 17.9. The Balaban J connectivity index is 1.58. The van der Waals surface area contributed by atoms with Crippen molar-refractivity contribution in [3.05, 3.63) is 53.1 Å². The van der Waals surface area contributed by atoms with Gasteiger partial charge in [0.15, 0.2) is 11.5 Å². The van der Waals surface area contributed by atoms with E-state index >= 15 is 0 Å². The van der Waals surface area contributed by atoms with Gasteiger partial charge in [0.2, 0.25) is 18.6 Å². The summed E-state index contributed by atoms with van der Waals surface area (Å²) < 4.78 is 10.7. The molecule has 1 fully saturated rings. The zero-order chi connectivity index (χ0) is 19.8. The van der Waals surface area contributed by atoms with Crippen molar-refractivity contribution >= 4 is 35.0 Å². The molecule has 7 nitrogen and oxygen atoms in total. The topological polar surface area (TPSA) is 76.2 Å². The number of nitrogens with zero attached hydrogens (tertiary/aromatic N) is 2. The van der Waals surface area contributed by atoms with Crippen LogP contribution in [0.2, 0.25) is 5.02 Å². The molecule has 2 aromatic carbocycles. The fourth-order valence-electron chi connectivity index (χ4n) is 3.40. The van der Waals surface area contributed by atoms with Crippen LogP contribution in [0.25, 0.3) is 0 Å². The van der Waals surface area contributed by atoms with Gasteiger partial charge >= 0.3 is 0 Å². The van der Waals surface area contributed by atoms with Crippen molar-refractivity contribution in [3.8, 4) is 11.5 Å². The van der Waals surface area contributed by atoms with Crippen molar-refractivity contribution in [2.75, 3.05) is 11.7 Å². The summed E-state index contributed by atoms with van der Waals surface area (Å²) in [5.74, 6) is 0.163. The number of fused-ring (bicyclic) bond motifs is 1. The van der Waals surface area contributed by atoms with Gasteiger partial charge in [0, 0.05) is 18.5 Å². The van der Waals surface area contributed by atoms with Crippen molar-refractivity contribution < 1.29 is 23.9 Å². The molecule has 1 saturated heterocycles. The van der Waals surface area contributed by atoms with E-state index in [-0.39, 0.29) is 31.6 Å². The fraction of sp³-hybridized carbons (Fsp3) is 0.250. The molecular formula is C20H17ClN2O5. The highest BCUT2D eigenvalue weighted by molar-refractivity contribution is 6.30. The average Bonchev–Trinajstić information content (AvgIpc) is 3.24. The Labute approximate surface area is 166 Å². The van der Waals surface area contributed by atoms with E-state index in [2.05, 4.69) is 0 Å². The molecule has 2 aromatic rings. The van der Waals surface area contributed by atoms with Crippen LogP contribution < -0.4 is 14.4 Å². The van der Waals surface area contributed by atoms with Crippen LogP contribution in [0.5, 0.6) is 11.5 Å². The van der Waals surface area contributed by atoms with Crippen LogP contribution in [-0.2, 0) is 20.9 Å². The summed E-state index contributed by atoms with van der Waals surface area (Å²) in [5, 5.41) is 0.507. The van der Waals surface area contributed by atoms with Gasteiger partial charge in [0.25, 0.3) is 5.91 Å². The Hall–Kier alpha value is -3.06. The Morgan fingerprint density at radius 1 is 1.14 bits per heavy atom. The summed E-state index contributed by atoms with van der Waals surface area (Å²) in [6.07, 6.45) is -0.0639. The monoisotopic (exact) mass is 400 g/mol. The molecule has 2 aliphatic heterocycles. The number of hydrogen-bond donors (Lipinski definition) is 0. The van der Waals surface area contributed by atoms with E-state index in [0.717, 1.165) is 10.5 Å². The van der Waals surface area contributed by atoms with Crippen LogP contribution in [-0.4, -0.2) is 35.5 Å². The van der Waals surface area contributed by atoms with Gasteiger partial charge in [-0.15, -0.1) is 0 Å². The molecule has 0 bridgehead atoms. The molecule has 0 radical (unpaired) electrons. The number of amides is 3. The van der Waals surface area contributed by atoms with Gasteiger partial charge in [0.05, 0.1) is 12.1 Å². The molecular weight excluding hydrogens is 384 g/mol. The van der Waals surface area contributed by atoms with E-state index in [1.807, 2.05) is 6.07 Å². The van der Waals surface area contributed by atoms with Gasteiger partial charge < -0.3 is 14.4 Å². The predicted octanol–water partition coefficient (Wildman–Crippen LogP) is 2.75. The zero-order valence-corrected chi connectivity index (χ0v) is 15.8. The first-order chi connectivity index (χ1) is 13.4. The summed E-state index contributed by atoms with van der Waals surface area (Å²) in [7, 11) is 0. The molecule has 0 aromatic heterocycles. The van der Waals surface area contributed by atoms with E-state index in [4.69, 9.17) is 21.1 Å². The Bertz CT molecular complexity index is 960. The summed E-state index contributed by atoms with van der Waals surface area (Å²) in [6, 6.07) is 10.9. The van der Waals surface area contributed by atoms with Crippen LogP contribution >= 0.6 is 11.6 Å². The van der Waals surface area contributed by atoms with Gasteiger partial charge in [-0.25, -0.2) is 4.90 Å². The second-order valence-corrected chi connectivity index (χ2v) is 7.03. The third-order valence-electron chi connectivity index (χ3n) is 4.78. The minimum absolute atomic E-state index is 0.0639. The number of halogens is 1. The first kappa shape index (κ1) is 18.3. The molecule has 8 heteroatoms. The lowest BCUT2D eigenvalue weighted by Crippen LogP contribution is -2.44. The predicted molar refractivity (Wildman–Crippen MR) is 101 cm³/mol. The van der Waals surface area contributed by atoms with Crippen LogP contribution in [0.4, 0.5) is 5.69 Å². The molecule has 0 N–H and O–H groups in total.